The number of nitrogens with zero attached hydrogens (tertiary/aromatic N) is 1. The van der Waals surface area contributed by atoms with E-state index in [9.17, 15) is 9.90 Å². The summed E-state index contributed by atoms with van der Waals surface area (Å²) in [5, 5.41) is 16.0. The number of nitrogens with one attached hydrogen (secondary N) is 1. The third-order valence-corrected chi connectivity index (χ3v) is 5.35. The first-order valence-corrected chi connectivity index (χ1v) is 10.3. The molecule has 0 unspecified atom stereocenters. The number of oxime groups is 1. The van der Waals surface area contributed by atoms with Crippen LogP contribution in [0, 0.1) is 0 Å². The highest BCUT2D eigenvalue weighted by Crippen LogP contribution is 2.21. The summed E-state index contributed by atoms with van der Waals surface area (Å²) in [6, 6.07) is 21.8. The molecule has 0 radical (unpaired) electrons. The van der Waals surface area contributed by atoms with Crippen LogP contribution in [-0.2, 0) is 11.3 Å². The van der Waals surface area contributed by atoms with E-state index in [0.29, 0.717) is 30.3 Å². The molecule has 0 fully saturated rings. The number of hydrogen-bond acceptors (Lipinski definition) is 6. The molecule has 1 heterocycles. The van der Waals surface area contributed by atoms with E-state index >= 15 is 0 Å². The molecule has 3 aromatic carbocycles. The molecule has 0 atom stereocenters. The number of aromatic hydroxyl groups is 1. The van der Waals surface area contributed by atoms with Crippen LogP contribution in [0.5, 0.6) is 11.6 Å². The van der Waals surface area contributed by atoms with Crippen molar-refractivity contribution in [2.75, 3.05) is 13.2 Å². The molecule has 1 aromatic heterocycles. The molecule has 0 aliphatic rings. The summed E-state index contributed by atoms with van der Waals surface area (Å²) in [5.41, 5.74) is 1.95. The topological polar surface area (TPSA) is 83.9 Å². The van der Waals surface area contributed by atoms with Gasteiger partial charge in [-0.05, 0) is 40.1 Å². The Morgan fingerprint density at radius 2 is 1.80 bits per heavy atom. The lowest BCUT2D eigenvalue weighted by atomic mass is 10.1. The van der Waals surface area contributed by atoms with E-state index in [1.54, 1.807) is 6.21 Å². The lowest BCUT2D eigenvalue weighted by Gasteiger charge is -2.06. The van der Waals surface area contributed by atoms with Gasteiger partial charge in [-0.2, -0.15) is 0 Å². The van der Waals surface area contributed by atoms with E-state index in [2.05, 4.69) is 34.4 Å². The van der Waals surface area contributed by atoms with Crippen molar-refractivity contribution in [3.8, 4) is 11.6 Å². The van der Waals surface area contributed by atoms with Gasteiger partial charge in [-0.3, -0.25) is 9.78 Å². The molecule has 4 aromatic rings. The monoisotopic (exact) mass is 420 g/mol. The molecule has 0 aliphatic heterocycles. The fourth-order valence-electron chi connectivity index (χ4n) is 3.00. The zero-order chi connectivity index (χ0) is 20.8. The smallest absolute Gasteiger partial charge is 0.307 e. The van der Waals surface area contributed by atoms with E-state index in [0.717, 1.165) is 27.8 Å². The van der Waals surface area contributed by atoms with Crippen molar-refractivity contribution < 1.29 is 14.7 Å². The van der Waals surface area contributed by atoms with Crippen LogP contribution >= 0.6 is 11.3 Å². The Labute approximate surface area is 177 Å². The summed E-state index contributed by atoms with van der Waals surface area (Å²) in [5.74, 6) is 0.652. The molecule has 0 saturated carbocycles. The quantitative estimate of drug-likeness (QED) is 0.253. The summed E-state index contributed by atoms with van der Waals surface area (Å²) in [4.78, 5) is 19.2. The largest absolute Gasteiger partial charge is 0.494 e. The van der Waals surface area contributed by atoms with Gasteiger partial charge in [-0.25, -0.2) is 0 Å². The fraction of sp³-hybridized carbons (Fsp3) is 0.130. The second kappa shape index (κ2) is 9.28. The van der Waals surface area contributed by atoms with Gasteiger partial charge in [0.05, 0.1) is 11.1 Å². The maximum atomic E-state index is 11.2. The van der Waals surface area contributed by atoms with Crippen LogP contribution in [0.4, 0.5) is 0 Å². The normalized spacial score (nSPS) is 11.2. The summed E-state index contributed by atoms with van der Waals surface area (Å²) in [7, 11) is 0. The number of rotatable bonds is 8. The SMILES string of the molecule is O=c1[nH]c(O)c(Cc2ccc(OCCON=Cc3ccc4ccccc4c3)cc2)s1. The highest BCUT2D eigenvalue weighted by Gasteiger charge is 2.07. The lowest BCUT2D eigenvalue weighted by molar-refractivity contribution is 0.108. The Balaban J connectivity index is 1.21. The van der Waals surface area contributed by atoms with E-state index in [1.807, 2.05) is 42.5 Å². The first kappa shape index (κ1) is 19.7. The van der Waals surface area contributed by atoms with E-state index < -0.39 is 0 Å². The Bertz CT molecular complexity index is 1210. The van der Waals surface area contributed by atoms with Gasteiger partial charge in [0.15, 0.2) is 6.61 Å². The van der Waals surface area contributed by atoms with Gasteiger partial charge in [0.25, 0.3) is 0 Å². The first-order valence-electron chi connectivity index (χ1n) is 9.44. The van der Waals surface area contributed by atoms with Gasteiger partial charge < -0.3 is 14.7 Å². The molecule has 30 heavy (non-hydrogen) atoms. The number of hydrogen-bond donors (Lipinski definition) is 2. The Morgan fingerprint density at radius 1 is 1.00 bits per heavy atom. The Morgan fingerprint density at radius 3 is 2.57 bits per heavy atom. The summed E-state index contributed by atoms with van der Waals surface area (Å²) in [6.07, 6.45) is 2.17. The zero-order valence-corrected chi connectivity index (χ0v) is 16.9. The summed E-state index contributed by atoms with van der Waals surface area (Å²) >= 11 is 1.01. The number of H-pyrrole nitrogens is 1. The van der Waals surface area contributed by atoms with Crippen LogP contribution in [0.25, 0.3) is 10.8 Å². The van der Waals surface area contributed by atoms with Crippen LogP contribution in [0.3, 0.4) is 0 Å². The summed E-state index contributed by atoms with van der Waals surface area (Å²) < 4.78 is 5.65. The number of benzene rings is 3. The predicted molar refractivity (Wildman–Crippen MR) is 119 cm³/mol. The molecule has 0 bridgehead atoms. The highest BCUT2D eigenvalue weighted by molar-refractivity contribution is 7.09. The second-order valence-electron chi connectivity index (χ2n) is 6.63. The van der Waals surface area contributed by atoms with Crippen molar-refractivity contribution in [1.82, 2.24) is 4.98 Å². The van der Waals surface area contributed by atoms with Gasteiger partial charge in [0, 0.05) is 6.42 Å². The summed E-state index contributed by atoms with van der Waals surface area (Å²) in [6.45, 7) is 0.700. The molecule has 6 nitrogen and oxygen atoms in total. The lowest BCUT2D eigenvalue weighted by Crippen LogP contribution is -2.04. The zero-order valence-electron chi connectivity index (χ0n) is 16.1. The van der Waals surface area contributed by atoms with Crippen molar-refractivity contribution in [3.63, 3.8) is 0 Å². The standard InChI is InChI=1S/C23H20N2O4S/c26-22-21(30-23(27)25-22)14-16-6-9-20(10-7-16)28-11-12-29-24-15-17-5-8-18-3-1-2-4-19(18)13-17/h1-10,13,15,26H,11-12,14H2,(H,25,27). The van der Waals surface area contributed by atoms with Crippen LogP contribution < -0.4 is 9.61 Å². The molecular weight excluding hydrogens is 400 g/mol. The average molecular weight is 420 g/mol. The van der Waals surface area contributed by atoms with E-state index in [1.165, 1.54) is 5.39 Å². The minimum absolute atomic E-state index is 0.0632. The maximum absolute atomic E-state index is 11.2. The number of aromatic nitrogens is 1. The van der Waals surface area contributed by atoms with Crippen molar-refractivity contribution in [1.29, 1.82) is 0 Å². The number of aromatic amines is 1. The van der Waals surface area contributed by atoms with Crippen LogP contribution in [0.1, 0.15) is 16.0 Å². The van der Waals surface area contributed by atoms with Gasteiger partial charge in [0.2, 0.25) is 5.88 Å². The number of fused-ring (bicyclic) bond motifs is 1. The van der Waals surface area contributed by atoms with Crippen LogP contribution in [0.2, 0.25) is 0 Å². The first-order chi connectivity index (χ1) is 14.7. The van der Waals surface area contributed by atoms with Gasteiger partial charge in [-0.15, -0.1) is 0 Å². The van der Waals surface area contributed by atoms with Crippen LogP contribution in [0.15, 0.2) is 76.7 Å². The third-order valence-electron chi connectivity index (χ3n) is 4.48. The minimum Gasteiger partial charge on any atom is -0.494 e. The van der Waals surface area contributed by atoms with E-state index in [4.69, 9.17) is 9.57 Å². The Kier molecular flexibility index (Phi) is 6.10. The third kappa shape index (κ3) is 5.07. The molecular formula is C23H20N2O4S. The van der Waals surface area contributed by atoms with Gasteiger partial charge >= 0.3 is 4.87 Å². The molecule has 0 aliphatic carbocycles. The Hall–Kier alpha value is -3.58. The molecule has 7 heteroatoms. The van der Waals surface area contributed by atoms with Crippen molar-refractivity contribution in [2.24, 2.45) is 5.16 Å². The number of thiazole rings is 1. The van der Waals surface area contributed by atoms with Gasteiger partial charge in [0.1, 0.15) is 12.4 Å². The molecule has 0 spiro atoms. The highest BCUT2D eigenvalue weighted by atomic mass is 32.1. The molecule has 2 N–H and O–H groups in total. The van der Waals surface area contributed by atoms with Crippen molar-refractivity contribution in [3.05, 3.63) is 92.4 Å². The molecule has 0 amide bonds. The average Bonchev–Trinajstić information content (AvgIpc) is 3.08. The maximum Gasteiger partial charge on any atom is 0.307 e. The van der Waals surface area contributed by atoms with Crippen molar-refractivity contribution >= 4 is 28.3 Å². The minimum atomic E-state index is -0.259. The van der Waals surface area contributed by atoms with Crippen molar-refractivity contribution in [2.45, 2.75) is 6.42 Å². The van der Waals surface area contributed by atoms with Crippen LogP contribution in [-0.4, -0.2) is 29.5 Å². The molecule has 152 valence electrons. The van der Waals surface area contributed by atoms with E-state index in [-0.39, 0.29) is 10.8 Å². The second-order valence-corrected chi connectivity index (χ2v) is 7.70. The predicted octanol–water partition coefficient (Wildman–Crippen LogP) is 4.32. The molecule has 4 rings (SSSR count). The van der Waals surface area contributed by atoms with Gasteiger partial charge in [-0.1, -0.05) is 65.0 Å². The fourth-order valence-corrected chi connectivity index (χ4v) is 3.75. The number of ether oxygens (including phenoxy) is 1. The molecule has 0 saturated heterocycles.